The molecule has 0 aromatic heterocycles. The van der Waals surface area contributed by atoms with E-state index in [9.17, 15) is 0 Å². The van der Waals surface area contributed by atoms with Crippen LogP contribution in [-0.2, 0) is 0 Å². The summed E-state index contributed by atoms with van der Waals surface area (Å²) in [5.41, 5.74) is 0.925. The third-order valence-electron chi connectivity index (χ3n) is 5.34. The quantitative estimate of drug-likeness (QED) is 0.517. The van der Waals surface area contributed by atoms with Crippen LogP contribution in [-0.4, -0.2) is 0 Å². The van der Waals surface area contributed by atoms with E-state index in [1.165, 1.54) is 51.4 Å². The summed E-state index contributed by atoms with van der Waals surface area (Å²) in [6, 6.07) is 0. The molecule has 0 heteroatoms. The Morgan fingerprint density at radius 1 is 0.833 bits per heavy atom. The van der Waals surface area contributed by atoms with E-state index < -0.39 is 0 Å². The first kappa shape index (κ1) is 18.0. The zero-order valence-corrected chi connectivity index (χ0v) is 14.2. The van der Waals surface area contributed by atoms with Crippen LogP contribution in [0.1, 0.15) is 99.8 Å². The topological polar surface area (TPSA) is 0 Å². The smallest absolute Gasteiger partial charge is 0.0308 e. The van der Waals surface area contributed by atoms with Crippen LogP contribution < -0.4 is 0 Å². The highest BCUT2D eigenvalue weighted by Gasteiger charge is 2.30. The fourth-order valence-electron chi connectivity index (χ4n) is 2.41. The molecule has 1 aliphatic rings. The van der Waals surface area contributed by atoms with Crippen molar-refractivity contribution in [1.29, 1.82) is 0 Å². The Bertz CT molecular complexity index is 186. The molecule has 0 atom stereocenters. The van der Waals surface area contributed by atoms with Gasteiger partial charge in [-0.1, -0.05) is 99.8 Å². The third kappa shape index (κ3) is 6.81. The van der Waals surface area contributed by atoms with Crippen LogP contribution in [0, 0.1) is 16.7 Å². The molecule has 0 nitrogen and oxygen atoms in total. The molecule has 0 heterocycles. The predicted molar refractivity (Wildman–Crippen MR) is 85.0 cm³/mol. The highest BCUT2D eigenvalue weighted by atomic mass is 14.3. The van der Waals surface area contributed by atoms with Gasteiger partial charge in [0.1, 0.15) is 0 Å². The van der Waals surface area contributed by atoms with Gasteiger partial charge in [0.15, 0.2) is 0 Å². The predicted octanol–water partition coefficient (Wildman–Crippen LogP) is 6.84. The second-order valence-electron chi connectivity index (χ2n) is 7.78. The molecule has 0 aromatic rings. The Kier molecular flexibility index (Phi) is 8.23. The second-order valence-corrected chi connectivity index (χ2v) is 7.78. The normalized spacial score (nSPS) is 18.2. The Balaban J connectivity index is 0.000000321. The highest BCUT2D eigenvalue weighted by Crippen LogP contribution is 2.40. The molecule has 0 saturated heterocycles. The van der Waals surface area contributed by atoms with E-state index in [4.69, 9.17) is 0 Å². The molecule has 0 unspecified atom stereocenters. The van der Waals surface area contributed by atoms with Crippen molar-refractivity contribution >= 4 is 0 Å². The van der Waals surface area contributed by atoms with Gasteiger partial charge in [0.05, 0.1) is 0 Å². The van der Waals surface area contributed by atoms with Crippen LogP contribution in [0.2, 0.25) is 0 Å². The molecule has 1 saturated carbocycles. The summed E-state index contributed by atoms with van der Waals surface area (Å²) < 4.78 is 0. The lowest BCUT2D eigenvalue weighted by atomic mass is 9.68. The van der Waals surface area contributed by atoms with Gasteiger partial charge in [-0.2, -0.15) is 0 Å². The summed E-state index contributed by atoms with van der Waals surface area (Å²) in [5, 5.41) is 0. The molecule has 0 aliphatic heterocycles. The van der Waals surface area contributed by atoms with Gasteiger partial charge < -0.3 is 0 Å². The van der Waals surface area contributed by atoms with E-state index in [2.05, 4.69) is 48.5 Å². The molecular formula is C18H38. The van der Waals surface area contributed by atoms with Gasteiger partial charge in [-0.05, 0) is 16.7 Å². The van der Waals surface area contributed by atoms with Crippen LogP contribution in [0.15, 0.2) is 0 Å². The lowest BCUT2D eigenvalue weighted by molar-refractivity contribution is 0.126. The van der Waals surface area contributed by atoms with E-state index in [1.54, 1.807) is 0 Å². The molecule has 1 rings (SSSR count). The summed E-state index contributed by atoms with van der Waals surface area (Å²) in [6.45, 7) is 16.1. The monoisotopic (exact) mass is 254 g/mol. The summed E-state index contributed by atoms with van der Waals surface area (Å²) >= 11 is 0. The number of rotatable bonds is 3. The molecular weight excluding hydrogens is 216 g/mol. The van der Waals surface area contributed by atoms with Crippen LogP contribution in [0.25, 0.3) is 0 Å². The molecule has 1 fully saturated rings. The van der Waals surface area contributed by atoms with Crippen molar-refractivity contribution < 1.29 is 0 Å². The zero-order chi connectivity index (χ0) is 14.2. The third-order valence-corrected chi connectivity index (χ3v) is 5.34. The maximum absolute atomic E-state index is 2.33. The zero-order valence-electron chi connectivity index (χ0n) is 14.2. The van der Waals surface area contributed by atoms with E-state index in [-0.39, 0.29) is 0 Å². The molecule has 0 radical (unpaired) electrons. The standard InChI is InChI=1S/C9H18.C9H20/c1-2-6-9-7-4-3-5-8-9;1-7-9(5,6)8(2,3)4/h9H,2-8H2,1H3;7H2,1-6H3. The van der Waals surface area contributed by atoms with E-state index in [0.29, 0.717) is 10.8 Å². The number of hydrogen-bond acceptors (Lipinski definition) is 0. The van der Waals surface area contributed by atoms with Gasteiger partial charge in [-0.15, -0.1) is 0 Å². The minimum atomic E-state index is 0.446. The molecule has 0 bridgehead atoms. The van der Waals surface area contributed by atoms with Crippen molar-refractivity contribution in [2.45, 2.75) is 99.8 Å². The fraction of sp³-hybridized carbons (Fsp3) is 1.00. The van der Waals surface area contributed by atoms with Crippen LogP contribution in [0.3, 0.4) is 0 Å². The van der Waals surface area contributed by atoms with Gasteiger partial charge in [-0.3, -0.25) is 0 Å². The van der Waals surface area contributed by atoms with Gasteiger partial charge in [-0.25, -0.2) is 0 Å². The van der Waals surface area contributed by atoms with Crippen molar-refractivity contribution in [3.8, 4) is 0 Å². The van der Waals surface area contributed by atoms with Gasteiger partial charge in [0, 0.05) is 0 Å². The van der Waals surface area contributed by atoms with E-state index >= 15 is 0 Å². The minimum Gasteiger partial charge on any atom is -0.0654 e. The molecule has 110 valence electrons. The molecule has 0 amide bonds. The van der Waals surface area contributed by atoms with Gasteiger partial charge in [0.25, 0.3) is 0 Å². The Labute approximate surface area is 117 Å². The molecule has 0 spiro atoms. The van der Waals surface area contributed by atoms with Gasteiger partial charge in [0.2, 0.25) is 0 Å². The summed E-state index contributed by atoms with van der Waals surface area (Å²) in [6.07, 6.45) is 11.7. The summed E-state index contributed by atoms with van der Waals surface area (Å²) in [4.78, 5) is 0. The molecule has 0 N–H and O–H groups in total. The van der Waals surface area contributed by atoms with Crippen molar-refractivity contribution in [3.05, 3.63) is 0 Å². The van der Waals surface area contributed by atoms with Crippen molar-refractivity contribution in [2.24, 2.45) is 16.7 Å². The highest BCUT2D eigenvalue weighted by molar-refractivity contribution is 4.80. The van der Waals surface area contributed by atoms with E-state index in [0.717, 1.165) is 5.92 Å². The lowest BCUT2D eigenvalue weighted by Gasteiger charge is -2.37. The average molecular weight is 255 g/mol. The average Bonchev–Trinajstić information content (AvgIpc) is 2.30. The summed E-state index contributed by atoms with van der Waals surface area (Å²) in [5.74, 6) is 1.10. The lowest BCUT2D eigenvalue weighted by Crippen LogP contribution is -2.28. The maximum Gasteiger partial charge on any atom is -0.0308 e. The first-order valence-electron chi connectivity index (χ1n) is 8.24. The SMILES string of the molecule is CCC(C)(C)C(C)(C)C.CCCC1CCCCC1. The molecule has 18 heavy (non-hydrogen) atoms. The summed E-state index contributed by atoms with van der Waals surface area (Å²) in [7, 11) is 0. The maximum atomic E-state index is 2.33. The second kappa shape index (κ2) is 8.23. The minimum absolute atomic E-state index is 0.446. The fourth-order valence-corrected chi connectivity index (χ4v) is 2.41. The molecule has 0 aromatic carbocycles. The van der Waals surface area contributed by atoms with Crippen molar-refractivity contribution in [3.63, 3.8) is 0 Å². The van der Waals surface area contributed by atoms with Gasteiger partial charge >= 0.3 is 0 Å². The van der Waals surface area contributed by atoms with E-state index in [1.807, 2.05) is 0 Å². The molecule has 1 aliphatic carbocycles. The van der Waals surface area contributed by atoms with Crippen LogP contribution >= 0.6 is 0 Å². The van der Waals surface area contributed by atoms with Crippen molar-refractivity contribution in [1.82, 2.24) is 0 Å². The first-order chi connectivity index (χ1) is 8.24. The first-order valence-corrected chi connectivity index (χ1v) is 8.24. The Morgan fingerprint density at radius 2 is 1.33 bits per heavy atom. The van der Waals surface area contributed by atoms with Crippen LogP contribution in [0.4, 0.5) is 0 Å². The Hall–Kier alpha value is 0. The largest absolute Gasteiger partial charge is 0.0654 e. The van der Waals surface area contributed by atoms with Crippen molar-refractivity contribution in [2.75, 3.05) is 0 Å². The van der Waals surface area contributed by atoms with Crippen LogP contribution in [0.5, 0.6) is 0 Å². The number of hydrogen-bond donors (Lipinski definition) is 0. The Morgan fingerprint density at radius 3 is 1.61 bits per heavy atom.